The Bertz CT molecular complexity index is 755. The molecule has 0 fully saturated rings. The average molecular weight is 725 g/mol. The van der Waals surface area contributed by atoms with Gasteiger partial charge in [-0.05, 0) is 44.9 Å². The highest BCUT2D eigenvalue weighted by Crippen LogP contribution is 2.18. The number of ether oxygens (including phenoxy) is 4. The first-order valence-electron chi connectivity index (χ1n) is 22.1. The summed E-state index contributed by atoms with van der Waals surface area (Å²) in [4.78, 5) is 37.0. The Morgan fingerprint density at radius 2 is 0.804 bits per heavy atom. The molecule has 51 heavy (non-hydrogen) atoms. The zero-order valence-electron chi connectivity index (χ0n) is 34.3. The van der Waals surface area contributed by atoms with Crippen LogP contribution in [0, 0.1) is 5.92 Å². The lowest BCUT2D eigenvalue weighted by Gasteiger charge is -2.18. The van der Waals surface area contributed by atoms with Crippen molar-refractivity contribution in [2.45, 2.75) is 239 Å². The minimum absolute atomic E-state index is 0.0157. The molecule has 1 atom stereocenters. The molecule has 0 amide bonds. The summed E-state index contributed by atoms with van der Waals surface area (Å²) in [6.45, 7) is 9.43. The summed E-state index contributed by atoms with van der Waals surface area (Å²) in [5.41, 5.74) is 0. The van der Waals surface area contributed by atoms with E-state index in [1.54, 1.807) is 0 Å². The molecule has 0 saturated heterocycles. The van der Waals surface area contributed by atoms with Crippen LogP contribution in [0.3, 0.4) is 0 Å². The van der Waals surface area contributed by atoms with Crippen LogP contribution in [-0.4, -0.2) is 44.0 Å². The van der Waals surface area contributed by atoms with E-state index >= 15 is 0 Å². The molecular formula is C44H84O7. The van der Waals surface area contributed by atoms with E-state index in [0.717, 1.165) is 38.5 Å². The molecule has 0 aromatic heterocycles. The van der Waals surface area contributed by atoms with Crippen LogP contribution in [0.15, 0.2) is 0 Å². The van der Waals surface area contributed by atoms with Crippen molar-refractivity contribution in [1.29, 1.82) is 0 Å². The second-order valence-electron chi connectivity index (χ2n) is 15.0. The Kier molecular flexibility index (Phi) is 38.0. The number of carbonyl (C=O) groups is 3. The van der Waals surface area contributed by atoms with Gasteiger partial charge in [-0.2, -0.15) is 0 Å². The van der Waals surface area contributed by atoms with Crippen molar-refractivity contribution in [1.82, 2.24) is 0 Å². The van der Waals surface area contributed by atoms with Gasteiger partial charge in [0.1, 0.15) is 12.7 Å². The van der Waals surface area contributed by atoms with Crippen molar-refractivity contribution in [3.05, 3.63) is 0 Å². The van der Waals surface area contributed by atoms with Gasteiger partial charge in [0.15, 0.2) is 0 Å². The number of carbonyl (C=O) groups excluding carboxylic acids is 3. The number of rotatable bonds is 39. The van der Waals surface area contributed by atoms with Crippen molar-refractivity contribution >= 4 is 18.1 Å². The van der Waals surface area contributed by atoms with Gasteiger partial charge in [-0.15, -0.1) is 0 Å². The second kappa shape index (κ2) is 39.4. The molecule has 0 heterocycles. The van der Waals surface area contributed by atoms with Crippen LogP contribution in [0.4, 0.5) is 4.79 Å². The predicted octanol–water partition coefficient (Wildman–Crippen LogP) is 13.8. The molecule has 0 N–H and O–H groups in total. The standard InChI is InChI=1S/C44H84O7/c1-5-9-12-15-18-19-20-21-22-23-24-25-28-31-37-48-44(47)50-39-40(8-4)38-49-42(45)35-32-36-43(46)51-41(33-29-26-16-13-10-6-2)34-30-27-17-14-11-7-3/h40-41H,5-39H2,1-4H3. The van der Waals surface area contributed by atoms with Crippen LogP contribution in [0.5, 0.6) is 0 Å². The van der Waals surface area contributed by atoms with Gasteiger partial charge >= 0.3 is 18.1 Å². The van der Waals surface area contributed by atoms with Gasteiger partial charge in [0.25, 0.3) is 0 Å². The molecule has 7 nitrogen and oxygen atoms in total. The maximum absolute atomic E-state index is 12.6. The van der Waals surface area contributed by atoms with Gasteiger partial charge in [0.05, 0.1) is 13.2 Å². The Balaban J connectivity index is 4.01. The van der Waals surface area contributed by atoms with Gasteiger partial charge < -0.3 is 18.9 Å². The summed E-state index contributed by atoms with van der Waals surface area (Å²) in [5, 5.41) is 0. The first-order chi connectivity index (χ1) is 25.0. The van der Waals surface area contributed by atoms with Gasteiger partial charge in [-0.1, -0.05) is 175 Å². The van der Waals surface area contributed by atoms with E-state index in [4.69, 9.17) is 18.9 Å². The largest absolute Gasteiger partial charge is 0.508 e. The molecule has 0 aliphatic rings. The van der Waals surface area contributed by atoms with Crippen LogP contribution in [-0.2, 0) is 28.5 Å². The van der Waals surface area contributed by atoms with Gasteiger partial charge in [-0.3, -0.25) is 9.59 Å². The van der Waals surface area contributed by atoms with Crippen LogP contribution >= 0.6 is 0 Å². The zero-order valence-corrected chi connectivity index (χ0v) is 34.3. The number of esters is 2. The molecule has 1 unspecified atom stereocenters. The number of hydrogen-bond acceptors (Lipinski definition) is 7. The molecule has 0 radical (unpaired) electrons. The lowest BCUT2D eigenvalue weighted by Crippen LogP contribution is -2.21. The lowest BCUT2D eigenvalue weighted by atomic mass is 10.0. The molecule has 0 aromatic rings. The van der Waals surface area contributed by atoms with Gasteiger partial charge in [0.2, 0.25) is 0 Å². The Morgan fingerprint density at radius 3 is 1.25 bits per heavy atom. The Morgan fingerprint density at radius 1 is 0.412 bits per heavy atom. The van der Waals surface area contributed by atoms with E-state index in [1.165, 1.54) is 141 Å². The lowest BCUT2D eigenvalue weighted by molar-refractivity contribution is -0.150. The highest BCUT2D eigenvalue weighted by molar-refractivity contribution is 5.72. The van der Waals surface area contributed by atoms with E-state index in [2.05, 4.69) is 20.8 Å². The molecule has 0 aliphatic carbocycles. The third kappa shape index (κ3) is 36.4. The zero-order chi connectivity index (χ0) is 37.5. The molecule has 302 valence electrons. The summed E-state index contributed by atoms with van der Waals surface area (Å²) in [5.74, 6) is -0.633. The summed E-state index contributed by atoms with van der Waals surface area (Å²) < 4.78 is 21.9. The van der Waals surface area contributed by atoms with Crippen LogP contribution in [0.2, 0.25) is 0 Å². The van der Waals surface area contributed by atoms with E-state index in [1.807, 2.05) is 6.92 Å². The molecule has 0 saturated carbocycles. The van der Waals surface area contributed by atoms with Gasteiger partial charge in [0, 0.05) is 18.8 Å². The van der Waals surface area contributed by atoms with E-state index in [9.17, 15) is 14.4 Å². The summed E-state index contributed by atoms with van der Waals surface area (Å²) in [7, 11) is 0. The third-order valence-electron chi connectivity index (χ3n) is 10.0. The van der Waals surface area contributed by atoms with Crippen molar-refractivity contribution < 1.29 is 33.3 Å². The smallest absolute Gasteiger partial charge is 0.465 e. The Hall–Kier alpha value is -1.79. The molecule has 7 heteroatoms. The van der Waals surface area contributed by atoms with Crippen LogP contribution in [0.1, 0.15) is 233 Å². The third-order valence-corrected chi connectivity index (χ3v) is 10.0. The fourth-order valence-electron chi connectivity index (χ4n) is 6.44. The monoisotopic (exact) mass is 725 g/mol. The maximum Gasteiger partial charge on any atom is 0.508 e. The van der Waals surface area contributed by atoms with Gasteiger partial charge in [-0.25, -0.2) is 4.79 Å². The van der Waals surface area contributed by atoms with Crippen molar-refractivity contribution in [2.24, 2.45) is 5.92 Å². The summed E-state index contributed by atoms with van der Waals surface area (Å²) >= 11 is 0. The van der Waals surface area contributed by atoms with E-state index < -0.39 is 6.16 Å². The quantitative estimate of drug-likeness (QED) is 0.0354. The Labute approximate surface area is 315 Å². The molecule has 0 aliphatic heterocycles. The molecular weight excluding hydrogens is 640 g/mol. The second-order valence-corrected chi connectivity index (χ2v) is 15.0. The average Bonchev–Trinajstić information content (AvgIpc) is 3.12. The molecule has 0 aromatic carbocycles. The highest BCUT2D eigenvalue weighted by Gasteiger charge is 2.17. The first-order valence-corrected chi connectivity index (χ1v) is 22.1. The molecule has 0 spiro atoms. The minimum atomic E-state index is -0.653. The van der Waals surface area contributed by atoms with Crippen LogP contribution < -0.4 is 0 Å². The summed E-state index contributed by atoms with van der Waals surface area (Å²) in [6, 6.07) is 0. The fraction of sp³-hybridized carbons (Fsp3) is 0.932. The summed E-state index contributed by atoms with van der Waals surface area (Å²) in [6.07, 6.45) is 35.5. The molecule has 0 rings (SSSR count). The van der Waals surface area contributed by atoms with Crippen molar-refractivity contribution in [2.75, 3.05) is 19.8 Å². The molecule has 0 bridgehead atoms. The van der Waals surface area contributed by atoms with Crippen molar-refractivity contribution in [3.63, 3.8) is 0 Å². The number of unbranched alkanes of at least 4 members (excludes halogenated alkanes) is 23. The van der Waals surface area contributed by atoms with Crippen LogP contribution in [0.25, 0.3) is 0 Å². The topological polar surface area (TPSA) is 88.1 Å². The van der Waals surface area contributed by atoms with Crippen molar-refractivity contribution in [3.8, 4) is 0 Å². The fourth-order valence-corrected chi connectivity index (χ4v) is 6.44. The SMILES string of the molecule is CCCCCCCCCCCCCCCCOC(=O)OCC(CC)COC(=O)CCCC(=O)OC(CCCCCCCC)CCCCCCCC. The highest BCUT2D eigenvalue weighted by atomic mass is 16.7. The maximum atomic E-state index is 12.6. The van der Waals surface area contributed by atoms with E-state index in [-0.39, 0.29) is 50.0 Å². The normalized spacial score (nSPS) is 11.9. The van der Waals surface area contributed by atoms with E-state index in [0.29, 0.717) is 19.4 Å². The number of hydrogen-bond donors (Lipinski definition) is 0. The minimum Gasteiger partial charge on any atom is -0.465 e. The predicted molar refractivity (Wildman–Crippen MR) is 212 cm³/mol. The first kappa shape index (κ1) is 49.2.